The van der Waals surface area contributed by atoms with Crippen LogP contribution in [0.15, 0.2) is 29.2 Å². The topological polar surface area (TPSA) is 83.7 Å². The van der Waals surface area contributed by atoms with E-state index in [1.54, 1.807) is 4.90 Å². The first-order valence-corrected chi connectivity index (χ1v) is 8.97. The zero-order valence-corrected chi connectivity index (χ0v) is 14.1. The van der Waals surface area contributed by atoms with Crippen LogP contribution in [0.5, 0.6) is 0 Å². The van der Waals surface area contributed by atoms with Gasteiger partial charge < -0.3 is 10.6 Å². The van der Waals surface area contributed by atoms with Gasteiger partial charge in [-0.05, 0) is 30.2 Å². The van der Waals surface area contributed by atoms with Gasteiger partial charge in [0.05, 0.1) is 10.9 Å². The molecule has 1 aliphatic rings. The van der Waals surface area contributed by atoms with E-state index in [4.69, 9.17) is 5.73 Å². The van der Waals surface area contributed by atoms with Crippen LogP contribution in [0.25, 0.3) is 0 Å². The van der Waals surface area contributed by atoms with Crippen LogP contribution >= 0.6 is 0 Å². The molecule has 2 rings (SSSR count). The van der Waals surface area contributed by atoms with E-state index >= 15 is 0 Å². The van der Waals surface area contributed by atoms with E-state index in [2.05, 4.69) is 0 Å². The lowest BCUT2D eigenvalue weighted by molar-refractivity contribution is -0.134. The summed E-state index contributed by atoms with van der Waals surface area (Å²) in [5, 5.41) is 0. The molecule has 128 valence electrons. The van der Waals surface area contributed by atoms with Crippen molar-refractivity contribution in [2.45, 2.75) is 24.8 Å². The lowest BCUT2D eigenvalue weighted by Gasteiger charge is -2.35. The van der Waals surface area contributed by atoms with E-state index in [0.29, 0.717) is 13.1 Å². The molecule has 1 heterocycles. The zero-order valence-electron chi connectivity index (χ0n) is 13.3. The predicted octanol–water partition coefficient (Wildman–Crippen LogP) is 0.642. The Bertz CT molecular complexity index is 653. The maximum absolute atomic E-state index is 12.9. The molecule has 6 nitrogen and oxygen atoms in total. The standard InChI is InChI=1S/C15H22FN3O3S/c1-11(2)14(17)15(20)18-7-9-19(10-8-18)23(21,22)13-5-3-12(16)4-6-13/h3-6,11,14H,7-10,17H2,1-2H3/t14-/m0/s1. The van der Waals surface area contributed by atoms with Gasteiger partial charge in [0.2, 0.25) is 15.9 Å². The number of hydrogen-bond acceptors (Lipinski definition) is 4. The van der Waals surface area contributed by atoms with Crippen LogP contribution in [-0.2, 0) is 14.8 Å². The Labute approximate surface area is 136 Å². The molecule has 1 atom stereocenters. The fourth-order valence-corrected chi connectivity index (χ4v) is 3.82. The molecule has 0 spiro atoms. The van der Waals surface area contributed by atoms with E-state index < -0.39 is 21.9 Å². The Morgan fingerprint density at radius 2 is 1.65 bits per heavy atom. The second-order valence-electron chi connectivity index (χ2n) is 5.95. The van der Waals surface area contributed by atoms with Crippen molar-refractivity contribution >= 4 is 15.9 Å². The summed E-state index contributed by atoms with van der Waals surface area (Å²) in [6, 6.07) is 4.16. The average molecular weight is 343 g/mol. The van der Waals surface area contributed by atoms with Gasteiger partial charge in [-0.25, -0.2) is 12.8 Å². The van der Waals surface area contributed by atoms with Gasteiger partial charge in [-0.15, -0.1) is 0 Å². The number of halogens is 1. The van der Waals surface area contributed by atoms with E-state index in [1.807, 2.05) is 13.8 Å². The number of nitrogens with zero attached hydrogens (tertiary/aromatic N) is 2. The molecular weight excluding hydrogens is 321 g/mol. The first kappa shape index (κ1) is 17.8. The van der Waals surface area contributed by atoms with Crippen molar-refractivity contribution in [3.8, 4) is 0 Å². The van der Waals surface area contributed by atoms with E-state index in [0.717, 1.165) is 12.1 Å². The number of amides is 1. The van der Waals surface area contributed by atoms with Gasteiger partial charge in [0, 0.05) is 26.2 Å². The van der Waals surface area contributed by atoms with E-state index in [9.17, 15) is 17.6 Å². The van der Waals surface area contributed by atoms with Gasteiger partial charge in [0.25, 0.3) is 0 Å². The monoisotopic (exact) mass is 343 g/mol. The van der Waals surface area contributed by atoms with Gasteiger partial charge in [-0.2, -0.15) is 4.31 Å². The van der Waals surface area contributed by atoms with Crippen molar-refractivity contribution in [3.05, 3.63) is 30.1 Å². The summed E-state index contributed by atoms with van der Waals surface area (Å²) in [6.07, 6.45) is 0. The van der Waals surface area contributed by atoms with Crippen molar-refractivity contribution in [1.29, 1.82) is 0 Å². The molecule has 0 unspecified atom stereocenters. The molecule has 0 radical (unpaired) electrons. The van der Waals surface area contributed by atoms with Crippen molar-refractivity contribution in [2.75, 3.05) is 26.2 Å². The van der Waals surface area contributed by atoms with Crippen molar-refractivity contribution in [2.24, 2.45) is 11.7 Å². The first-order valence-electron chi connectivity index (χ1n) is 7.53. The summed E-state index contributed by atoms with van der Waals surface area (Å²) in [5.41, 5.74) is 5.86. The van der Waals surface area contributed by atoms with Gasteiger partial charge in [-0.1, -0.05) is 13.8 Å². The Morgan fingerprint density at radius 3 is 2.13 bits per heavy atom. The van der Waals surface area contributed by atoms with Crippen molar-refractivity contribution in [3.63, 3.8) is 0 Å². The van der Waals surface area contributed by atoms with Crippen molar-refractivity contribution < 1.29 is 17.6 Å². The Balaban J connectivity index is 2.04. The number of hydrogen-bond donors (Lipinski definition) is 1. The van der Waals surface area contributed by atoms with Crippen LogP contribution in [0.1, 0.15) is 13.8 Å². The maximum atomic E-state index is 12.9. The van der Waals surface area contributed by atoms with Crippen LogP contribution < -0.4 is 5.73 Å². The number of sulfonamides is 1. The molecule has 23 heavy (non-hydrogen) atoms. The minimum atomic E-state index is -3.67. The third kappa shape index (κ3) is 3.88. The number of carbonyl (C=O) groups is 1. The number of benzene rings is 1. The lowest BCUT2D eigenvalue weighted by atomic mass is 10.0. The smallest absolute Gasteiger partial charge is 0.243 e. The van der Waals surface area contributed by atoms with Crippen molar-refractivity contribution in [1.82, 2.24) is 9.21 Å². The summed E-state index contributed by atoms with van der Waals surface area (Å²) in [7, 11) is -3.67. The van der Waals surface area contributed by atoms with Gasteiger partial charge in [-0.3, -0.25) is 4.79 Å². The minimum Gasteiger partial charge on any atom is -0.339 e. The molecule has 1 amide bonds. The summed E-state index contributed by atoms with van der Waals surface area (Å²) >= 11 is 0. The molecule has 1 saturated heterocycles. The highest BCUT2D eigenvalue weighted by atomic mass is 32.2. The third-order valence-corrected chi connectivity index (χ3v) is 5.92. The molecule has 1 aromatic rings. The zero-order chi connectivity index (χ0) is 17.2. The van der Waals surface area contributed by atoms with Crippen LogP contribution in [0, 0.1) is 11.7 Å². The highest BCUT2D eigenvalue weighted by molar-refractivity contribution is 7.89. The Hall–Kier alpha value is -1.51. The maximum Gasteiger partial charge on any atom is 0.243 e. The number of nitrogens with two attached hydrogens (primary N) is 1. The van der Waals surface area contributed by atoms with Crippen LogP contribution in [0.4, 0.5) is 4.39 Å². The van der Waals surface area contributed by atoms with Crippen LogP contribution in [0.3, 0.4) is 0 Å². The van der Waals surface area contributed by atoms with Crippen LogP contribution in [-0.4, -0.2) is 55.8 Å². The number of carbonyl (C=O) groups excluding carboxylic acids is 1. The fraction of sp³-hybridized carbons (Fsp3) is 0.533. The summed E-state index contributed by atoms with van der Waals surface area (Å²) < 4.78 is 39.2. The molecule has 0 aromatic heterocycles. The second-order valence-corrected chi connectivity index (χ2v) is 7.89. The van der Waals surface area contributed by atoms with Crippen LogP contribution in [0.2, 0.25) is 0 Å². The third-order valence-electron chi connectivity index (χ3n) is 4.01. The fourth-order valence-electron chi connectivity index (χ4n) is 2.40. The molecular formula is C15H22FN3O3S. The predicted molar refractivity (Wildman–Crippen MR) is 84.6 cm³/mol. The Kier molecular flexibility index (Phi) is 5.38. The quantitative estimate of drug-likeness (QED) is 0.870. The Morgan fingerprint density at radius 1 is 1.13 bits per heavy atom. The highest BCUT2D eigenvalue weighted by Crippen LogP contribution is 2.18. The van der Waals surface area contributed by atoms with E-state index in [1.165, 1.54) is 16.4 Å². The lowest BCUT2D eigenvalue weighted by Crippen LogP contribution is -2.55. The minimum absolute atomic E-state index is 0.0310. The van der Waals surface area contributed by atoms with Gasteiger partial charge in [0.1, 0.15) is 5.82 Å². The normalized spacial score (nSPS) is 18.2. The molecule has 0 aliphatic carbocycles. The number of rotatable bonds is 4. The molecule has 1 aliphatic heterocycles. The van der Waals surface area contributed by atoms with E-state index in [-0.39, 0.29) is 29.8 Å². The molecule has 8 heteroatoms. The average Bonchev–Trinajstić information content (AvgIpc) is 2.54. The summed E-state index contributed by atoms with van der Waals surface area (Å²) in [5.74, 6) is -0.607. The first-order chi connectivity index (χ1) is 10.7. The largest absolute Gasteiger partial charge is 0.339 e. The van der Waals surface area contributed by atoms with Gasteiger partial charge >= 0.3 is 0 Å². The molecule has 1 fully saturated rings. The highest BCUT2D eigenvalue weighted by Gasteiger charge is 2.32. The summed E-state index contributed by atoms with van der Waals surface area (Å²) in [6.45, 7) is 4.77. The SMILES string of the molecule is CC(C)[C@H](N)C(=O)N1CCN(S(=O)(=O)c2ccc(F)cc2)CC1. The molecule has 0 bridgehead atoms. The van der Waals surface area contributed by atoms with Gasteiger partial charge in [0.15, 0.2) is 0 Å². The molecule has 2 N–H and O–H groups in total. The molecule has 0 saturated carbocycles. The second kappa shape index (κ2) is 6.94. The summed E-state index contributed by atoms with van der Waals surface area (Å²) in [4.78, 5) is 13.8. The number of piperazine rings is 1. The molecule has 1 aromatic carbocycles.